The lowest BCUT2D eigenvalue weighted by Crippen LogP contribution is -2.40. The molecular formula is C80H128NO8+. The molecule has 0 aliphatic carbocycles. The number of hydrogen-bond donors (Lipinski definition) is 1. The van der Waals surface area contributed by atoms with Crippen LogP contribution in [0.4, 0.5) is 0 Å². The molecule has 0 spiro atoms. The summed E-state index contributed by atoms with van der Waals surface area (Å²) in [5.74, 6) is -2.04. The van der Waals surface area contributed by atoms with Gasteiger partial charge in [-0.3, -0.25) is 9.59 Å². The Morgan fingerprint density at radius 2 is 0.607 bits per heavy atom. The van der Waals surface area contributed by atoms with Crippen LogP contribution >= 0.6 is 0 Å². The Bertz CT molecular complexity index is 2120. The minimum absolute atomic E-state index is 0.175. The third kappa shape index (κ3) is 69.7. The van der Waals surface area contributed by atoms with Crippen molar-refractivity contribution >= 4 is 17.9 Å². The molecule has 0 aliphatic heterocycles. The van der Waals surface area contributed by atoms with Crippen molar-refractivity contribution in [2.45, 2.75) is 257 Å². The Balaban J connectivity index is 4.21. The second-order valence-electron chi connectivity index (χ2n) is 23.7. The zero-order valence-electron chi connectivity index (χ0n) is 57.0. The first-order valence-corrected chi connectivity index (χ1v) is 34.9. The Morgan fingerprint density at radius 1 is 0.337 bits per heavy atom. The number of esters is 2. The van der Waals surface area contributed by atoms with Crippen LogP contribution in [0, 0.1) is 0 Å². The molecule has 0 radical (unpaired) electrons. The number of hydrogen-bond acceptors (Lipinski definition) is 7. The maximum atomic E-state index is 12.9. The predicted molar refractivity (Wildman–Crippen MR) is 382 cm³/mol. The highest BCUT2D eigenvalue weighted by Crippen LogP contribution is 2.15. The van der Waals surface area contributed by atoms with Gasteiger partial charge in [0.05, 0.1) is 34.4 Å². The smallest absolute Gasteiger partial charge is 0.361 e. The molecule has 0 heterocycles. The third-order valence-corrected chi connectivity index (χ3v) is 14.2. The largest absolute Gasteiger partial charge is 0.477 e. The molecule has 0 rings (SSSR count). The van der Waals surface area contributed by atoms with E-state index >= 15 is 0 Å². The van der Waals surface area contributed by atoms with E-state index in [2.05, 4.69) is 196 Å². The van der Waals surface area contributed by atoms with Crippen LogP contribution in [-0.2, 0) is 33.3 Å². The van der Waals surface area contributed by atoms with Crippen LogP contribution in [0.15, 0.2) is 182 Å². The number of ether oxygens (including phenoxy) is 4. The fourth-order valence-corrected chi connectivity index (χ4v) is 8.89. The molecule has 0 saturated carbocycles. The van der Waals surface area contributed by atoms with Crippen LogP contribution < -0.4 is 0 Å². The summed E-state index contributed by atoms with van der Waals surface area (Å²) in [6.07, 6.45) is 101. The molecule has 0 bridgehead atoms. The van der Waals surface area contributed by atoms with Gasteiger partial charge in [0.2, 0.25) is 0 Å². The Labute approximate surface area is 545 Å². The number of carbonyl (C=O) groups is 3. The van der Waals surface area contributed by atoms with Gasteiger partial charge in [-0.2, -0.15) is 0 Å². The highest BCUT2D eigenvalue weighted by Gasteiger charge is 2.25. The van der Waals surface area contributed by atoms with Crippen molar-refractivity contribution in [3.8, 4) is 0 Å². The van der Waals surface area contributed by atoms with Gasteiger partial charge in [0.15, 0.2) is 6.10 Å². The van der Waals surface area contributed by atoms with E-state index in [9.17, 15) is 19.5 Å². The lowest BCUT2D eigenvalue weighted by Gasteiger charge is -2.25. The number of quaternary nitrogens is 1. The Morgan fingerprint density at radius 3 is 0.899 bits per heavy atom. The van der Waals surface area contributed by atoms with E-state index in [1.54, 1.807) is 0 Å². The maximum absolute atomic E-state index is 12.9. The molecular weight excluding hydrogens is 1100 g/mol. The summed E-state index contributed by atoms with van der Waals surface area (Å²) in [6, 6.07) is 0. The van der Waals surface area contributed by atoms with Gasteiger partial charge in [-0.15, -0.1) is 0 Å². The van der Waals surface area contributed by atoms with E-state index in [4.69, 9.17) is 18.9 Å². The van der Waals surface area contributed by atoms with Gasteiger partial charge in [0, 0.05) is 12.8 Å². The number of rotatable bonds is 62. The number of carboxylic acids is 1. The van der Waals surface area contributed by atoms with Gasteiger partial charge in [0.1, 0.15) is 13.2 Å². The van der Waals surface area contributed by atoms with Crippen LogP contribution in [0.1, 0.15) is 245 Å². The molecule has 0 fully saturated rings. The molecule has 2 atom stereocenters. The molecule has 0 aromatic carbocycles. The molecule has 0 aromatic heterocycles. The number of unbranched alkanes of at least 4 members (excludes halogenated alkanes) is 17. The molecule has 89 heavy (non-hydrogen) atoms. The zero-order chi connectivity index (χ0) is 64.7. The molecule has 0 aliphatic rings. The van der Waals surface area contributed by atoms with E-state index in [1.807, 2.05) is 21.1 Å². The summed E-state index contributed by atoms with van der Waals surface area (Å²) >= 11 is 0. The Hall–Kier alpha value is -5.61. The summed E-state index contributed by atoms with van der Waals surface area (Å²) in [4.78, 5) is 37.6. The summed E-state index contributed by atoms with van der Waals surface area (Å²) in [6.45, 7) is 4.62. The Kier molecular flexibility index (Phi) is 64.0. The topological polar surface area (TPSA) is 108 Å². The molecule has 0 saturated heterocycles. The van der Waals surface area contributed by atoms with E-state index < -0.39 is 24.3 Å². The van der Waals surface area contributed by atoms with Gasteiger partial charge in [-0.05, 0) is 135 Å². The first kappa shape index (κ1) is 83.4. The fraction of sp³-hybridized carbons (Fsp3) is 0.588. The van der Waals surface area contributed by atoms with Crippen molar-refractivity contribution in [3.63, 3.8) is 0 Å². The highest BCUT2D eigenvalue weighted by molar-refractivity contribution is 5.71. The van der Waals surface area contributed by atoms with Crippen LogP contribution in [0.25, 0.3) is 0 Å². The van der Waals surface area contributed by atoms with Crippen molar-refractivity contribution in [1.29, 1.82) is 0 Å². The summed E-state index contributed by atoms with van der Waals surface area (Å²) in [7, 11) is 5.96. The highest BCUT2D eigenvalue weighted by atomic mass is 16.7. The average molecular weight is 1230 g/mol. The van der Waals surface area contributed by atoms with Crippen LogP contribution in [-0.4, -0.2) is 87.4 Å². The first-order valence-electron chi connectivity index (χ1n) is 34.9. The lowest BCUT2D eigenvalue weighted by atomic mass is 10.1. The minimum Gasteiger partial charge on any atom is -0.477 e. The summed E-state index contributed by atoms with van der Waals surface area (Å²) in [5.41, 5.74) is 0. The van der Waals surface area contributed by atoms with Crippen LogP contribution in [0.2, 0.25) is 0 Å². The molecule has 1 N–H and O–H groups in total. The zero-order valence-corrected chi connectivity index (χ0v) is 57.0. The molecule has 0 amide bonds. The standard InChI is InChI=1S/C80H127NO8/c1-6-8-10-12-14-16-18-20-22-24-26-28-30-31-32-33-34-35-36-37-38-39-40-41-42-43-44-45-46-47-49-51-53-55-57-59-61-63-65-67-69-71-78(83)89-76(75-88-80(79(84)85)86-73-72-81(3,4)5)74-87-77(82)70-68-66-64-62-60-58-56-54-52-50-48-29-27-25-23-21-19-17-15-13-11-9-7-2/h8-11,14-17,20-23,26-29,31-32,34-35,37-38,40-41,43-44,46-47,51,53,76,80H,6-7,12-13,18-19,24-25,30,33,36,39,42,45,48-50,52,54-75H2,1-5H3/p+1/b10-8-,11-9-,16-14-,17-15-,22-20-,23-21-,28-26-,29-27-,32-31-,35-34-,38-37-,41-40-,44-43-,47-46-,53-51-. The predicted octanol–water partition coefficient (Wildman–Crippen LogP) is 22.0. The number of allylic oxidation sites excluding steroid dienone is 30. The molecule has 0 aromatic rings. The van der Waals surface area contributed by atoms with Crippen LogP contribution in [0.3, 0.4) is 0 Å². The van der Waals surface area contributed by atoms with Gasteiger partial charge in [-0.25, -0.2) is 4.79 Å². The summed E-state index contributed by atoms with van der Waals surface area (Å²) in [5, 5.41) is 9.74. The number of nitrogens with zero attached hydrogens (tertiary/aromatic N) is 1. The third-order valence-electron chi connectivity index (χ3n) is 14.2. The minimum atomic E-state index is -1.53. The van der Waals surface area contributed by atoms with Gasteiger partial charge in [0.25, 0.3) is 6.29 Å². The van der Waals surface area contributed by atoms with Crippen molar-refractivity contribution in [1.82, 2.24) is 0 Å². The lowest BCUT2D eigenvalue weighted by molar-refractivity contribution is -0.870. The monoisotopic (exact) mass is 1230 g/mol. The number of carboxylic acid groups (broad SMARTS) is 1. The number of likely N-dealkylation sites (N-methyl/N-ethyl adjacent to an activating group) is 1. The van der Waals surface area contributed by atoms with Crippen molar-refractivity contribution < 1.29 is 42.9 Å². The second-order valence-corrected chi connectivity index (χ2v) is 23.7. The maximum Gasteiger partial charge on any atom is 0.361 e. The number of carbonyl (C=O) groups excluding carboxylic acids is 2. The van der Waals surface area contributed by atoms with E-state index in [-0.39, 0.29) is 38.6 Å². The van der Waals surface area contributed by atoms with Gasteiger partial charge >= 0.3 is 17.9 Å². The van der Waals surface area contributed by atoms with Gasteiger partial charge in [-0.1, -0.05) is 280 Å². The van der Waals surface area contributed by atoms with Crippen LogP contribution in [0.5, 0.6) is 0 Å². The van der Waals surface area contributed by atoms with Crippen molar-refractivity contribution in [2.75, 3.05) is 47.5 Å². The molecule has 2 unspecified atom stereocenters. The van der Waals surface area contributed by atoms with Crippen molar-refractivity contribution in [2.24, 2.45) is 0 Å². The molecule has 500 valence electrons. The molecule has 9 heteroatoms. The summed E-state index contributed by atoms with van der Waals surface area (Å²) < 4.78 is 22.9. The van der Waals surface area contributed by atoms with E-state index in [0.717, 1.165) is 154 Å². The van der Waals surface area contributed by atoms with Crippen molar-refractivity contribution in [3.05, 3.63) is 182 Å². The normalized spacial score (nSPS) is 13.9. The van der Waals surface area contributed by atoms with E-state index in [1.165, 1.54) is 57.8 Å². The van der Waals surface area contributed by atoms with Gasteiger partial charge < -0.3 is 28.5 Å². The second kappa shape index (κ2) is 68.3. The fourth-order valence-electron chi connectivity index (χ4n) is 8.89. The molecule has 9 nitrogen and oxygen atoms in total. The first-order chi connectivity index (χ1) is 43.6. The quantitative estimate of drug-likeness (QED) is 0.0211. The van der Waals surface area contributed by atoms with E-state index in [0.29, 0.717) is 17.4 Å². The average Bonchev–Trinajstić information content (AvgIpc) is 3.64. The number of aliphatic carboxylic acids is 1. The SMILES string of the molecule is CC/C=C\C/C=C\C/C=C\C/C=C\C/C=C\C/C=C\C/C=C\C/C=C\C/C=C\C/C=C\C/C=C\CCCCCCCCCC(=O)OC(COC(=O)CCCCCCCCCCCC/C=C\C/C=C\C/C=C\C/C=C\CC)COC(OCC[N+](C)(C)C)C(=O)O.